The van der Waals surface area contributed by atoms with Crippen molar-refractivity contribution in [3.63, 3.8) is 0 Å². The van der Waals surface area contributed by atoms with E-state index >= 15 is 0 Å². The molecule has 1 atom stereocenters. The molecule has 1 aliphatic heterocycles. The summed E-state index contributed by atoms with van der Waals surface area (Å²) in [5.74, 6) is -1.07. The fourth-order valence-corrected chi connectivity index (χ4v) is 3.18. The number of fused-ring (bicyclic) bond motifs is 3. The van der Waals surface area contributed by atoms with Crippen molar-refractivity contribution in [3.05, 3.63) is 70.9 Å². The zero-order valence-electron chi connectivity index (χ0n) is 11.3. The molecule has 1 unspecified atom stereocenters. The minimum absolute atomic E-state index is 0.262. The summed E-state index contributed by atoms with van der Waals surface area (Å²) in [4.78, 5) is 3.38. The van der Waals surface area contributed by atoms with E-state index in [-0.39, 0.29) is 6.04 Å². The Morgan fingerprint density at radius 2 is 1.90 bits per heavy atom. The molecule has 21 heavy (non-hydrogen) atoms. The van der Waals surface area contributed by atoms with Crippen LogP contribution in [0.1, 0.15) is 22.9 Å². The lowest BCUT2D eigenvalue weighted by Crippen LogP contribution is -2.31. The van der Waals surface area contributed by atoms with Crippen molar-refractivity contribution in [3.8, 4) is 0 Å². The summed E-state index contributed by atoms with van der Waals surface area (Å²) in [6.45, 7) is 0.774. The Hall–Kier alpha value is -2.20. The Balaban J connectivity index is 1.90. The summed E-state index contributed by atoms with van der Waals surface area (Å²) in [5.41, 5.74) is 3.73. The average molecular weight is 284 g/mol. The molecule has 0 radical (unpaired) electrons. The number of hydrogen-bond acceptors (Lipinski definition) is 1. The van der Waals surface area contributed by atoms with E-state index in [1.54, 1.807) is 0 Å². The summed E-state index contributed by atoms with van der Waals surface area (Å²) in [5, 5.41) is 4.50. The van der Waals surface area contributed by atoms with Crippen LogP contribution in [0.3, 0.4) is 0 Å². The average Bonchev–Trinajstić information content (AvgIpc) is 2.86. The Labute approximate surface area is 120 Å². The van der Waals surface area contributed by atoms with Crippen molar-refractivity contribution >= 4 is 10.9 Å². The molecule has 4 rings (SSSR count). The SMILES string of the molecule is Fc1ccc(C2NCCc3c2[nH]c2ccccc32)c(F)c1. The molecule has 0 amide bonds. The molecule has 0 saturated heterocycles. The van der Waals surface area contributed by atoms with Crippen LogP contribution >= 0.6 is 0 Å². The van der Waals surface area contributed by atoms with Gasteiger partial charge in [0.2, 0.25) is 0 Å². The van der Waals surface area contributed by atoms with Crippen molar-refractivity contribution < 1.29 is 8.78 Å². The normalized spacial score (nSPS) is 17.9. The largest absolute Gasteiger partial charge is 0.357 e. The van der Waals surface area contributed by atoms with Gasteiger partial charge in [0.05, 0.1) is 6.04 Å². The van der Waals surface area contributed by atoms with Crippen LogP contribution in [0.15, 0.2) is 42.5 Å². The van der Waals surface area contributed by atoms with E-state index in [2.05, 4.69) is 16.4 Å². The number of aromatic nitrogens is 1. The number of rotatable bonds is 1. The van der Waals surface area contributed by atoms with E-state index in [0.29, 0.717) is 5.56 Å². The molecule has 106 valence electrons. The van der Waals surface area contributed by atoms with Crippen LogP contribution in [0.2, 0.25) is 0 Å². The molecule has 0 spiro atoms. The van der Waals surface area contributed by atoms with Crippen molar-refractivity contribution in [1.29, 1.82) is 0 Å². The lowest BCUT2D eigenvalue weighted by molar-refractivity contribution is 0.514. The maximum Gasteiger partial charge on any atom is 0.131 e. The Bertz CT molecular complexity index is 823. The molecule has 2 aromatic carbocycles. The predicted molar refractivity (Wildman–Crippen MR) is 78.2 cm³/mol. The van der Waals surface area contributed by atoms with Crippen LogP contribution in [-0.2, 0) is 6.42 Å². The molecule has 0 aliphatic carbocycles. The van der Waals surface area contributed by atoms with Gasteiger partial charge in [0.1, 0.15) is 11.6 Å². The predicted octanol–water partition coefficient (Wildman–Crippen LogP) is 3.68. The summed E-state index contributed by atoms with van der Waals surface area (Å²) in [6.07, 6.45) is 0.901. The van der Waals surface area contributed by atoms with E-state index in [1.165, 1.54) is 23.1 Å². The maximum absolute atomic E-state index is 14.1. The zero-order chi connectivity index (χ0) is 14.4. The molecule has 2 heterocycles. The maximum atomic E-state index is 14.1. The van der Waals surface area contributed by atoms with Gasteiger partial charge in [-0.05, 0) is 24.1 Å². The molecule has 3 aromatic rings. The fourth-order valence-electron chi connectivity index (χ4n) is 3.18. The van der Waals surface area contributed by atoms with Crippen LogP contribution in [0, 0.1) is 11.6 Å². The Kier molecular flexibility index (Phi) is 2.79. The van der Waals surface area contributed by atoms with Crippen LogP contribution in [0.5, 0.6) is 0 Å². The van der Waals surface area contributed by atoms with Crippen LogP contribution < -0.4 is 5.32 Å². The van der Waals surface area contributed by atoms with Gasteiger partial charge in [-0.25, -0.2) is 8.78 Å². The quantitative estimate of drug-likeness (QED) is 0.701. The molecule has 2 nitrogen and oxygen atoms in total. The number of nitrogens with one attached hydrogen (secondary N) is 2. The van der Waals surface area contributed by atoms with Gasteiger partial charge in [-0.2, -0.15) is 0 Å². The standard InChI is InChI=1S/C17H14F2N2/c18-10-5-6-13(14(19)9-10)16-17-12(7-8-20-16)11-3-1-2-4-15(11)21-17/h1-6,9,16,20-21H,7-8H2. The molecular weight excluding hydrogens is 270 g/mol. The van der Waals surface area contributed by atoms with Gasteiger partial charge in [0, 0.05) is 34.8 Å². The van der Waals surface area contributed by atoms with Gasteiger partial charge < -0.3 is 10.3 Å². The van der Waals surface area contributed by atoms with Crippen molar-refractivity contribution in [2.24, 2.45) is 0 Å². The lowest BCUT2D eigenvalue weighted by Gasteiger charge is -2.25. The molecule has 4 heteroatoms. The number of hydrogen-bond donors (Lipinski definition) is 2. The first-order chi connectivity index (χ1) is 10.2. The molecule has 0 bridgehead atoms. The second-order valence-electron chi connectivity index (χ2n) is 5.37. The first-order valence-electron chi connectivity index (χ1n) is 7.02. The Morgan fingerprint density at radius 1 is 1.05 bits per heavy atom. The highest BCUT2D eigenvalue weighted by Crippen LogP contribution is 2.34. The number of aromatic amines is 1. The topological polar surface area (TPSA) is 27.8 Å². The molecule has 1 aromatic heterocycles. The van der Waals surface area contributed by atoms with Gasteiger partial charge in [-0.3, -0.25) is 0 Å². The molecule has 1 aliphatic rings. The Morgan fingerprint density at radius 3 is 2.76 bits per heavy atom. The summed E-state index contributed by atoms with van der Waals surface area (Å²) >= 11 is 0. The van der Waals surface area contributed by atoms with Crippen LogP contribution in [0.25, 0.3) is 10.9 Å². The first kappa shape index (κ1) is 12.5. The summed E-state index contributed by atoms with van der Waals surface area (Å²) in [6, 6.07) is 11.6. The zero-order valence-corrected chi connectivity index (χ0v) is 11.3. The third-order valence-corrected chi connectivity index (χ3v) is 4.13. The number of para-hydroxylation sites is 1. The van der Waals surface area contributed by atoms with Gasteiger partial charge in [0.15, 0.2) is 0 Å². The van der Waals surface area contributed by atoms with Crippen molar-refractivity contribution in [2.75, 3.05) is 6.54 Å². The summed E-state index contributed by atoms with van der Waals surface area (Å²) < 4.78 is 27.2. The highest BCUT2D eigenvalue weighted by molar-refractivity contribution is 5.85. The van der Waals surface area contributed by atoms with Gasteiger partial charge >= 0.3 is 0 Å². The highest BCUT2D eigenvalue weighted by Gasteiger charge is 2.27. The third kappa shape index (κ3) is 1.94. The second-order valence-corrected chi connectivity index (χ2v) is 5.37. The van der Waals surface area contributed by atoms with E-state index in [9.17, 15) is 8.78 Å². The van der Waals surface area contributed by atoms with Gasteiger partial charge in [-0.15, -0.1) is 0 Å². The van der Waals surface area contributed by atoms with Crippen molar-refractivity contribution in [1.82, 2.24) is 10.3 Å². The molecule has 0 saturated carbocycles. The van der Waals surface area contributed by atoms with Gasteiger partial charge in [0.25, 0.3) is 0 Å². The van der Waals surface area contributed by atoms with E-state index in [0.717, 1.165) is 30.2 Å². The van der Waals surface area contributed by atoms with Crippen LogP contribution in [0.4, 0.5) is 8.78 Å². The lowest BCUT2D eigenvalue weighted by atomic mass is 9.94. The monoisotopic (exact) mass is 284 g/mol. The molecule has 0 fully saturated rings. The first-order valence-corrected chi connectivity index (χ1v) is 7.02. The minimum atomic E-state index is -0.552. The molecule has 2 N–H and O–H groups in total. The number of halogens is 2. The fraction of sp³-hybridized carbons (Fsp3) is 0.176. The minimum Gasteiger partial charge on any atom is -0.357 e. The molecular formula is C17H14F2N2. The van der Waals surface area contributed by atoms with Gasteiger partial charge in [-0.1, -0.05) is 24.3 Å². The van der Waals surface area contributed by atoms with E-state index in [4.69, 9.17) is 0 Å². The number of H-pyrrole nitrogens is 1. The smallest absolute Gasteiger partial charge is 0.131 e. The van der Waals surface area contributed by atoms with Crippen molar-refractivity contribution in [2.45, 2.75) is 12.5 Å². The second kappa shape index (κ2) is 4.67. The van der Waals surface area contributed by atoms with Crippen LogP contribution in [-0.4, -0.2) is 11.5 Å². The number of benzene rings is 2. The van der Waals surface area contributed by atoms with E-state index < -0.39 is 11.6 Å². The highest BCUT2D eigenvalue weighted by atomic mass is 19.1. The summed E-state index contributed by atoms with van der Waals surface area (Å²) in [7, 11) is 0. The third-order valence-electron chi connectivity index (χ3n) is 4.13. The van der Waals surface area contributed by atoms with E-state index in [1.807, 2.05) is 18.2 Å².